The number of nitrogens with zero attached hydrogens (tertiary/aromatic N) is 1. The normalized spacial score (nSPS) is 12.0. The third kappa shape index (κ3) is 6.42. The van der Waals surface area contributed by atoms with Gasteiger partial charge in [-0.3, -0.25) is 0 Å². The van der Waals surface area contributed by atoms with Crippen LogP contribution >= 0.6 is 0 Å². The number of benzene rings is 1. The van der Waals surface area contributed by atoms with Gasteiger partial charge in [-0.05, 0) is 57.2 Å². The minimum absolute atomic E-state index is 0.0143. The van der Waals surface area contributed by atoms with Crippen molar-refractivity contribution in [2.75, 3.05) is 19.7 Å². The maximum atomic E-state index is 12.2. The Morgan fingerprint density at radius 2 is 1.67 bits per heavy atom. The Bertz CT molecular complexity index is 510. The number of rotatable bonds is 6. The fraction of sp³-hybridized carbons (Fsp3) is 0.650. The van der Waals surface area contributed by atoms with Gasteiger partial charge in [0.15, 0.2) is 0 Å². The second kappa shape index (κ2) is 8.41. The van der Waals surface area contributed by atoms with Crippen molar-refractivity contribution in [2.45, 2.75) is 65.8 Å². The van der Waals surface area contributed by atoms with Gasteiger partial charge in [-0.2, -0.15) is 0 Å². The van der Waals surface area contributed by atoms with Gasteiger partial charge < -0.3 is 15.0 Å². The average Bonchev–Trinajstić information content (AvgIpc) is 2.45. The molecule has 0 spiro atoms. The highest BCUT2D eigenvalue weighted by Crippen LogP contribution is 2.24. The first-order valence-electron chi connectivity index (χ1n) is 8.84. The Morgan fingerprint density at radius 3 is 2.12 bits per heavy atom. The van der Waals surface area contributed by atoms with Crippen LogP contribution in [0.4, 0.5) is 4.79 Å². The summed E-state index contributed by atoms with van der Waals surface area (Å²) in [5.41, 5.74) is 1.29. The Kier molecular flexibility index (Phi) is 7.12. The van der Waals surface area contributed by atoms with Crippen LogP contribution in [0.2, 0.25) is 0 Å². The molecule has 1 aromatic carbocycles. The fourth-order valence-corrected chi connectivity index (χ4v) is 2.53. The second-order valence-corrected chi connectivity index (χ2v) is 8.12. The predicted octanol–water partition coefficient (Wildman–Crippen LogP) is 4.58. The van der Waals surface area contributed by atoms with E-state index in [1.807, 2.05) is 44.7 Å². The minimum atomic E-state index is -0.163. The maximum absolute atomic E-state index is 12.2. The topological polar surface area (TPSA) is 41.6 Å². The summed E-state index contributed by atoms with van der Waals surface area (Å²) >= 11 is 0. The molecule has 1 aromatic rings. The Morgan fingerprint density at radius 1 is 1.08 bits per heavy atom. The van der Waals surface area contributed by atoms with Crippen molar-refractivity contribution in [3.63, 3.8) is 0 Å². The van der Waals surface area contributed by atoms with E-state index in [1.165, 1.54) is 5.56 Å². The number of hydrogen-bond donors (Lipinski definition) is 1. The SMILES string of the molecule is CCN(C(=O)NCCCOc1ccc(C(C)(C)C)cc1)C(C)(C)C. The summed E-state index contributed by atoms with van der Waals surface area (Å²) in [7, 11) is 0. The summed E-state index contributed by atoms with van der Waals surface area (Å²) in [5, 5.41) is 2.96. The smallest absolute Gasteiger partial charge is 0.317 e. The van der Waals surface area contributed by atoms with Crippen LogP contribution in [0.1, 0.15) is 60.5 Å². The number of amides is 2. The molecule has 2 amide bonds. The number of carbonyl (C=O) groups is 1. The molecule has 0 saturated heterocycles. The van der Waals surface area contributed by atoms with Crippen LogP contribution in [0.3, 0.4) is 0 Å². The number of carbonyl (C=O) groups excluding carboxylic acids is 1. The highest BCUT2D eigenvalue weighted by molar-refractivity contribution is 5.74. The molecule has 0 heterocycles. The molecule has 0 aliphatic heterocycles. The molecular formula is C20H34N2O2. The van der Waals surface area contributed by atoms with E-state index in [0.29, 0.717) is 19.7 Å². The molecule has 0 aromatic heterocycles. The van der Waals surface area contributed by atoms with E-state index in [-0.39, 0.29) is 17.0 Å². The summed E-state index contributed by atoms with van der Waals surface area (Å²) in [5.74, 6) is 0.874. The molecule has 136 valence electrons. The Hall–Kier alpha value is -1.71. The number of nitrogens with one attached hydrogen (secondary N) is 1. The lowest BCUT2D eigenvalue weighted by Crippen LogP contribution is -2.50. The van der Waals surface area contributed by atoms with Crippen LogP contribution in [0.15, 0.2) is 24.3 Å². The molecule has 0 unspecified atom stereocenters. The van der Waals surface area contributed by atoms with E-state index in [2.05, 4.69) is 38.2 Å². The molecular weight excluding hydrogens is 300 g/mol. The minimum Gasteiger partial charge on any atom is -0.494 e. The zero-order chi connectivity index (χ0) is 18.4. The van der Waals surface area contributed by atoms with Gasteiger partial charge in [-0.1, -0.05) is 32.9 Å². The van der Waals surface area contributed by atoms with Gasteiger partial charge in [-0.15, -0.1) is 0 Å². The van der Waals surface area contributed by atoms with Crippen LogP contribution < -0.4 is 10.1 Å². The van der Waals surface area contributed by atoms with Gasteiger partial charge in [0.25, 0.3) is 0 Å². The van der Waals surface area contributed by atoms with Crippen molar-refractivity contribution in [3.8, 4) is 5.75 Å². The molecule has 0 atom stereocenters. The van der Waals surface area contributed by atoms with Crippen molar-refractivity contribution in [3.05, 3.63) is 29.8 Å². The van der Waals surface area contributed by atoms with E-state index >= 15 is 0 Å². The quantitative estimate of drug-likeness (QED) is 0.774. The van der Waals surface area contributed by atoms with Crippen LogP contribution in [0.5, 0.6) is 5.75 Å². The van der Waals surface area contributed by atoms with Crippen molar-refractivity contribution in [1.82, 2.24) is 10.2 Å². The molecule has 0 bridgehead atoms. The third-order valence-corrected chi connectivity index (χ3v) is 3.96. The van der Waals surface area contributed by atoms with Gasteiger partial charge in [-0.25, -0.2) is 4.79 Å². The van der Waals surface area contributed by atoms with Crippen LogP contribution in [0.25, 0.3) is 0 Å². The standard InChI is InChI=1S/C20H34N2O2/c1-8-22(20(5,6)7)18(23)21-14-9-15-24-17-12-10-16(11-13-17)19(2,3)4/h10-13H,8-9,14-15H2,1-7H3,(H,21,23). The monoisotopic (exact) mass is 334 g/mol. The molecule has 0 radical (unpaired) electrons. The predicted molar refractivity (Wildman–Crippen MR) is 101 cm³/mol. The van der Waals surface area contributed by atoms with Crippen molar-refractivity contribution in [1.29, 1.82) is 0 Å². The average molecular weight is 335 g/mol. The fourth-order valence-electron chi connectivity index (χ4n) is 2.53. The van der Waals surface area contributed by atoms with Crippen molar-refractivity contribution >= 4 is 6.03 Å². The van der Waals surface area contributed by atoms with E-state index in [1.54, 1.807) is 0 Å². The molecule has 24 heavy (non-hydrogen) atoms. The Labute approximate surface area is 147 Å². The summed E-state index contributed by atoms with van der Waals surface area (Å²) < 4.78 is 5.74. The number of hydrogen-bond acceptors (Lipinski definition) is 2. The summed E-state index contributed by atoms with van der Waals surface area (Å²) in [6, 6.07) is 8.23. The summed E-state index contributed by atoms with van der Waals surface area (Å²) in [4.78, 5) is 14.0. The van der Waals surface area contributed by atoms with Gasteiger partial charge in [0, 0.05) is 18.6 Å². The first kappa shape index (κ1) is 20.3. The van der Waals surface area contributed by atoms with E-state index in [4.69, 9.17) is 4.74 Å². The molecule has 4 heteroatoms. The molecule has 0 fully saturated rings. The second-order valence-electron chi connectivity index (χ2n) is 8.12. The largest absolute Gasteiger partial charge is 0.494 e. The lowest BCUT2D eigenvalue weighted by Gasteiger charge is -2.34. The summed E-state index contributed by atoms with van der Waals surface area (Å²) in [6.45, 7) is 16.6. The van der Waals surface area contributed by atoms with Crippen molar-refractivity contribution in [2.24, 2.45) is 0 Å². The van der Waals surface area contributed by atoms with Crippen LogP contribution in [-0.2, 0) is 5.41 Å². The molecule has 0 saturated carbocycles. The van der Waals surface area contributed by atoms with Crippen LogP contribution in [0, 0.1) is 0 Å². The number of urea groups is 1. The van der Waals surface area contributed by atoms with Gasteiger partial charge in [0.1, 0.15) is 5.75 Å². The van der Waals surface area contributed by atoms with Gasteiger partial charge in [0.05, 0.1) is 6.61 Å². The third-order valence-electron chi connectivity index (χ3n) is 3.96. The molecule has 0 aliphatic rings. The first-order chi connectivity index (χ1) is 11.1. The summed E-state index contributed by atoms with van der Waals surface area (Å²) in [6.07, 6.45) is 0.786. The lowest BCUT2D eigenvalue weighted by molar-refractivity contribution is 0.149. The molecule has 0 aliphatic carbocycles. The Balaban J connectivity index is 2.33. The van der Waals surface area contributed by atoms with E-state index in [9.17, 15) is 4.79 Å². The van der Waals surface area contributed by atoms with Gasteiger partial charge >= 0.3 is 6.03 Å². The van der Waals surface area contributed by atoms with Gasteiger partial charge in [0.2, 0.25) is 0 Å². The van der Waals surface area contributed by atoms with E-state index < -0.39 is 0 Å². The van der Waals surface area contributed by atoms with Crippen molar-refractivity contribution < 1.29 is 9.53 Å². The highest BCUT2D eigenvalue weighted by Gasteiger charge is 2.24. The molecule has 1 N–H and O–H groups in total. The maximum Gasteiger partial charge on any atom is 0.317 e. The van der Waals surface area contributed by atoms with Crippen LogP contribution in [-0.4, -0.2) is 36.2 Å². The van der Waals surface area contributed by atoms with E-state index in [0.717, 1.165) is 12.2 Å². The molecule has 4 nitrogen and oxygen atoms in total. The zero-order valence-electron chi connectivity index (χ0n) is 16.4. The zero-order valence-corrected chi connectivity index (χ0v) is 16.4. The highest BCUT2D eigenvalue weighted by atomic mass is 16.5. The first-order valence-corrected chi connectivity index (χ1v) is 8.84. The molecule has 1 rings (SSSR count). The number of ether oxygens (including phenoxy) is 1. The lowest BCUT2D eigenvalue weighted by atomic mass is 9.87.